The number of halogens is 2. The molecule has 0 saturated heterocycles. The molecule has 4 heteroatoms. The van der Waals surface area contributed by atoms with E-state index in [1.54, 1.807) is 0 Å². The molecule has 0 saturated carbocycles. The van der Waals surface area contributed by atoms with Gasteiger partial charge >= 0.3 is 0 Å². The lowest BCUT2D eigenvalue weighted by Gasteiger charge is -2.20. The third kappa shape index (κ3) is 4.17. The van der Waals surface area contributed by atoms with Crippen molar-refractivity contribution >= 4 is 31.9 Å². The van der Waals surface area contributed by atoms with Crippen LogP contribution in [0.15, 0.2) is 27.1 Å². The largest absolute Gasteiger partial charge is 0.395 e. The molecule has 0 radical (unpaired) electrons. The maximum atomic E-state index is 9.19. The number of rotatable bonds is 5. The molecular weight excluding hydrogens is 334 g/mol. The molecule has 0 bridgehead atoms. The summed E-state index contributed by atoms with van der Waals surface area (Å²) in [5, 5.41) is 12.5. The van der Waals surface area contributed by atoms with Crippen molar-refractivity contribution in [1.82, 2.24) is 5.32 Å². The van der Waals surface area contributed by atoms with Crippen LogP contribution in [0, 0.1) is 5.92 Å². The lowest BCUT2D eigenvalue weighted by atomic mass is 10.1. The number of nitrogens with one attached hydrogen (secondary N) is 1. The zero-order valence-electron chi connectivity index (χ0n) is 9.50. The van der Waals surface area contributed by atoms with Crippen LogP contribution in [-0.2, 0) is 6.54 Å². The summed E-state index contributed by atoms with van der Waals surface area (Å²) < 4.78 is 2.11. The van der Waals surface area contributed by atoms with Crippen molar-refractivity contribution in [3.8, 4) is 0 Å². The summed E-state index contributed by atoms with van der Waals surface area (Å²) in [4.78, 5) is 0. The standard InChI is InChI=1S/C12H17Br2NO/c1-8(2)12(7-16)15-6-9-3-4-10(13)11(14)5-9/h3-5,8,12,15-16H,6-7H2,1-2H3. The molecule has 0 aliphatic rings. The number of hydrogen-bond acceptors (Lipinski definition) is 2. The highest BCUT2D eigenvalue weighted by Crippen LogP contribution is 2.23. The van der Waals surface area contributed by atoms with Crippen LogP contribution in [-0.4, -0.2) is 17.8 Å². The van der Waals surface area contributed by atoms with Gasteiger partial charge in [-0.25, -0.2) is 0 Å². The quantitative estimate of drug-likeness (QED) is 0.853. The second-order valence-corrected chi connectivity index (χ2v) is 5.87. The highest BCUT2D eigenvalue weighted by atomic mass is 79.9. The maximum absolute atomic E-state index is 9.19. The third-order valence-corrected chi connectivity index (χ3v) is 4.43. The topological polar surface area (TPSA) is 32.3 Å². The van der Waals surface area contributed by atoms with Gasteiger partial charge in [-0.1, -0.05) is 19.9 Å². The van der Waals surface area contributed by atoms with Crippen LogP contribution in [0.25, 0.3) is 0 Å². The number of hydrogen-bond donors (Lipinski definition) is 2. The fourth-order valence-electron chi connectivity index (χ4n) is 1.41. The monoisotopic (exact) mass is 349 g/mol. The molecule has 1 aromatic rings. The third-order valence-electron chi connectivity index (χ3n) is 2.55. The molecule has 0 heterocycles. The normalized spacial score (nSPS) is 13.1. The lowest BCUT2D eigenvalue weighted by molar-refractivity contribution is 0.210. The molecule has 0 aromatic heterocycles. The van der Waals surface area contributed by atoms with E-state index in [1.807, 2.05) is 6.07 Å². The molecule has 0 spiro atoms. The first-order valence-electron chi connectivity index (χ1n) is 5.32. The van der Waals surface area contributed by atoms with Crippen LogP contribution in [0.3, 0.4) is 0 Å². The first-order chi connectivity index (χ1) is 7.54. The molecule has 90 valence electrons. The van der Waals surface area contributed by atoms with E-state index in [0.29, 0.717) is 5.92 Å². The molecular formula is C12H17Br2NO. The van der Waals surface area contributed by atoms with Crippen molar-refractivity contribution in [3.63, 3.8) is 0 Å². The minimum Gasteiger partial charge on any atom is -0.395 e. The summed E-state index contributed by atoms with van der Waals surface area (Å²) in [7, 11) is 0. The maximum Gasteiger partial charge on any atom is 0.0587 e. The van der Waals surface area contributed by atoms with E-state index in [0.717, 1.165) is 15.5 Å². The molecule has 0 amide bonds. The second kappa shape index (κ2) is 6.74. The summed E-state index contributed by atoms with van der Waals surface area (Å²) in [6.45, 7) is 5.15. The fourth-order valence-corrected chi connectivity index (χ4v) is 2.08. The van der Waals surface area contributed by atoms with Crippen LogP contribution >= 0.6 is 31.9 Å². The van der Waals surface area contributed by atoms with Crippen molar-refractivity contribution in [2.75, 3.05) is 6.61 Å². The van der Waals surface area contributed by atoms with Gasteiger partial charge < -0.3 is 10.4 Å². The number of aliphatic hydroxyl groups excluding tert-OH is 1. The smallest absolute Gasteiger partial charge is 0.0587 e. The van der Waals surface area contributed by atoms with Gasteiger partial charge in [-0.3, -0.25) is 0 Å². The van der Waals surface area contributed by atoms with Crippen molar-refractivity contribution in [1.29, 1.82) is 0 Å². The Hall–Kier alpha value is 0.1000. The Kier molecular flexibility index (Phi) is 5.97. The molecule has 1 aromatic carbocycles. The highest BCUT2D eigenvalue weighted by molar-refractivity contribution is 9.13. The minimum absolute atomic E-state index is 0.155. The van der Waals surface area contributed by atoms with Crippen LogP contribution in [0.5, 0.6) is 0 Å². The van der Waals surface area contributed by atoms with Crippen LogP contribution < -0.4 is 5.32 Å². The second-order valence-electron chi connectivity index (χ2n) is 4.16. The van der Waals surface area contributed by atoms with Gasteiger partial charge in [0.2, 0.25) is 0 Å². The van der Waals surface area contributed by atoms with Gasteiger partial charge in [0.15, 0.2) is 0 Å². The van der Waals surface area contributed by atoms with E-state index in [-0.39, 0.29) is 12.6 Å². The average molecular weight is 351 g/mol. The van der Waals surface area contributed by atoms with Crippen LogP contribution in [0.4, 0.5) is 0 Å². The van der Waals surface area contributed by atoms with Gasteiger partial charge in [0.1, 0.15) is 0 Å². The Bertz CT molecular complexity index is 342. The van der Waals surface area contributed by atoms with Crippen molar-refractivity contribution in [3.05, 3.63) is 32.7 Å². The Labute approximate surface area is 114 Å². The van der Waals surface area contributed by atoms with E-state index >= 15 is 0 Å². The van der Waals surface area contributed by atoms with Gasteiger partial charge in [-0.2, -0.15) is 0 Å². The van der Waals surface area contributed by atoms with Crippen LogP contribution in [0.1, 0.15) is 19.4 Å². The summed E-state index contributed by atoms with van der Waals surface area (Å²) >= 11 is 6.91. The summed E-state index contributed by atoms with van der Waals surface area (Å²) in [6, 6.07) is 6.31. The molecule has 2 nitrogen and oxygen atoms in total. The van der Waals surface area contributed by atoms with E-state index in [1.165, 1.54) is 5.56 Å². The first kappa shape index (κ1) is 14.2. The van der Waals surface area contributed by atoms with Gasteiger partial charge in [0.25, 0.3) is 0 Å². The molecule has 1 rings (SSSR count). The summed E-state index contributed by atoms with van der Waals surface area (Å²) in [5.41, 5.74) is 1.20. The SMILES string of the molecule is CC(C)C(CO)NCc1ccc(Br)c(Br)c1. The number of benzene rings is 1. The molecule has 1 atom stereocenters. The Morgan fingerprint density at radius 3 is 2.44 bits per heavy atom. The van der Waals surface area contributed by atoms with Crippen molar-refractivity contribution < 1.29 is 5.11 Å². The molecule has 0 aliphatic carbocycles. The van der Waals surface area contributed by atoms with Gasteiger partial charge in [-0.05, 0) is 55.5 Å². The molecule has 16 heavy (non-hydrogen) atoms. The van der Waals surface area contributed by atoms with Gasteiger partial charge in [0, 0.05) is 21.5 Å². The fraction of sp³-hybridized carbons (Fsp3) is 0.500. The molecule has 0 aliphatic heterocycles. The zero-order chi connectivity index (χ0) is 12.1. The summed E-state index contributed by atoms with van der Waals surface area (Å²) in [6.07, 6.45) is 0. The lowest BCUT2D eigenvalue weighted by Crippen LogP contribution is -2.36. The minimum atomic E-state index is 0.155. The highest BCUT2D eigenvalue weighted by Gasteiger charge is 2.11. The zero-order valence-corrected chi connectivity index (χ0v) is 12.7. The summed E-state index contributed by atoms with van der Waals surface area (Å²) in [5.74, 6) is 0.434. The molecule has 0 fully saturated rings. The Morgan fingerprint density at radius 2 is 1.94 bits per heavy atom. The van der Waals surface area contributed by atoms with Crippen molar-refractivity contribution in [2.24, 2.45) is 5.92 Å². The number of aliphatic hydroxyl groups is 1. The van der Waals surface area contributed by atoms with Gasteiger partial charge in [0.05, 0.1) is 6.61 Å². The van der Waals surface area contributed by atoms with Crippen LogP contribution in [0.2, 0.25) is 0 Å². The molecule has 1 unspecified atom stereocenters. The van der Waals surface area contributed by atoms with E-state index in [2.05, 4.69) is 63.2 Å². The molecule has 2 N–H and O–H groups in total. The predicted molar refractivity (Wildman–Crippen MR) is 74.4 cm³/mol. The average Bonchev–Trinajstić information content (AvgIpc) is 2.23. The first-order valence-corrected chi connectivity index (χ1v) is 6.91. The van der Waals surface area contributed by atoms with E-state index < -0.39 is 0 Å². The predicted octanol–water partition coefficient (Wildman–Crippen LogP) is 3.32. The van der Waals surface area contributed by atoms with Gasteiger partial charge in [-0.15, -0.1) is 0 Å². The van der Waals surface area contributed by atoms with Crippen molar-refractivity contribution in [2.45, 2.75) is 26.4 Å². The van der Waals surface area contributed by atoms with E-state index in [4.69, 9.17) is 0 Å². The Balaban J connectivity index is 2.57. The van der Waals surface area contributed by atoms with E-state index in [9.17, 15) is 5.11 Å². The Morgan fingerprint density at radius 1 is 1.25 bits per heavy atom.